The van der Waals surface area contributed by atoms with Crippen molar-refractivity contribution in [1.29, 1.82) is 0 Å². The number of nitrogens with zero attached hydrogens (tertiary/aromatic N) is 1. The van der Waals surface area contributed by atoms with Crippen molar-refractivity contribution in [2.24, 2.45) is 4.99 Å². The van der Waals surface area contributed by atoms with E-state index in [0.29, 0.717) is 17.4 Å². The van der Waals surface area contributed by atoms with E-state index < -0.39 is 12.1 Å². The van der Waals surface area contributed by atoms with Crippen LogP contribution in [-0.2, 0) is 14.3 Å². The number of nitrogens with one attached hydrogen (secondary N) is 1. The molecule has 4 rings (SSSR count). The molecule has 2 aliphatic heterocycles. The van der Waals surface area contributed by atoms with E-state index in [0.717, 1.165) is 11.1 Å². The molecule has 7 heteroatoms. The first-order valence-electron chi connectivity index (χ1n) is 9.27. The van der Waals surface area contributed by atoms with E-state index >= 15 is 0 Å². The monoisotopic (exact) mass is 392 g/mol. The van der Waals surface area contributed by atoms with Gasteiger partial charge in [0.25, 0.3) is 5.91 Å². The molecule has 1 N–H and O–H groups in total. The Morgan fingerprint density at radius 2 is 2.00 bits per heavy atom. The lowest BCUT2D eigenvalue weighted by molar-refractivity contribution is -0.131. The van der Waals surface area contributed by atoms with Crippen molar-refractivity contribution in [1.82, 2.24) is 5.32 Å². The molecular weight excluding hydrogens is 372 g/mol. The van der Waals surface area contributed by atoms with E-state index in [-0.39, 0.29) is 24.3 Å². The SMILES string of the molecule is CC1=N/C(=C/c2ccc3c(c2)OC[C@H](C(=O)N[C@@H](C)c2ccccc2)O3)C(=O)O1. The molecule has 148 valence electrons. The average molecular weight is 392 g/mol. The largest absolute Gasteiger partial charge is 0.485 e. The fourth-order valence-electron chi connectivity index (χ4n) is 3.11. The summed E-state index contributed by atoms with van der Waals surface area (Å²) in [6, 6.07) is 14.8. The molecular formula is C22H20N2O5. The molecule has 0 fully saturated rings. The van der Waals surface area contributed by atoms with E-state index in [4.69, 9.17) is 14.2 Å². The molecule has 0 spiro atoms. The Balaban J connectivity index is 1.43. The normalized spacial score (nSPS) is 20.1. The third-order valence-electron chi connectivity index (χ3n) is 4.61. The van der Waals surface area contributed by atoms with Crippen LogP contribution in [0.3, 0.4) is 0 Å². The summed E-state index contributed by atoms with van der Waals surface area (Å²) < 4.78 is 16.5. The molecule has 2 aromatic carbocycles. The molecule has 2 aliphatic rings. The molecule has 0 bridgehead atoms. The molecule has 29 heavy (non-hydrogen) atoms. The zero-order valence-electron chi connectivity index (χ0n) is 16.0. The third-order valence-corrected chi connectivity index (χ3v) is 4.61. The van der Waals surface area contributed by atoms with Crippen LogP contribution in [0.1, 0.15) is 31.0 Å². The number of hydrogen-bond donors (Lipinski definition) is 1. The van der Waals surface area contributed by atoms with Crippen LogP contribution >= 0.6 is 0 Å². The molecule has 0 aromatic heterocycles. The fraction of sp³-hybridized carbons (Fsp3) is 0.227. The lowest BCUT2D eigenvalue weighted by atomic mass is 10.1. The minimum Gasteiger partial charge on any atom is -0.485 e. The van der Waals surface area contributed by atoms with E-state index in [2.05, 4.69) is 10.3 Å². The lowest BCUT2D eigenvalue weighted by Crippen LogP contribution is -2.44. The molecule has 2 atom stereocenters. The second-order valence-electron chi connectivity index (χ2n) is 6.81. The van der Waals surface area contributed by atoms with Crippen molar-refractivity contribution in [3.63, 3.8) is 0 Å². The van der Waals surface area contributed by atoms with Crippen molar-refractivity contribution in [3.05, 3.63) is 65.4 Å². The van der Waals surface area contributed by atoms with Crippen LogP contribution in [0.15, 0.2) is 59.2 Å². The first-order valence-corrected chi connectivity index (χ1v) is 9.27. The number of ether oxygens (including phenoxy) is 3. The van der Waals surface area contributed by atoms with Gasteiger partial charge in [0.2, 0.25) is 6.10 Å². The third kappa shape index (κ3) is 4.13. The minimum absolute atomic E-state index is 0.0969. The van der Waals surface area contributed by atoms with Gasteiger partial charge >= 0.3 is 5.97 Å². The van der Waals surface area contributed by atoms with Gasteiger partial charge in [-0.05, 0) is 36.3 Å². The van der Waals surface area contributed by atoms with Crippen LogP contribution in [0.25, 0.3) is 6.08 Å². The summed E-state index contributed by atoms with van der Waals surface area (Å²) in [5.74, 6) is 0.571. The van der Waals surface area contributed by atoms with Gasteiger partial charge in [0.05, 0.1) is 6.04 Å². The molecule has 0 aliphatic carbocycles. The Morgan fingerprint density at radius 1 is 1.21 bits per heavy atom. The molecule has 0 radical (unpaired) electrons. The summed E-state index contributed by atoms with van der Waals surface area (Å²) >= 11 is 0. The van der Waals surface area contributed by atoms with Gasteiger partial charge in [0, 0.05) is 6.92 Å². The Kier molecular flexibility index (Phi) is 5.03. The van der Waals surface area contributed by atoms with Crippen LogP contribution in [0.2, 0.25) is 0 Å². The van der Waals surface area contributed by atoms with Crippen LogP contribution in [0.5, 0.6) is 11.5 Å². The maximum absolute atomic E-state index is 12.6. The summed E-state index contributed by atoms with van der Waals surface area (Å²) in [6.45, 7) is 3.63. The highest BCUT2D eigenvalue weighted by Gasteiger charge is 2.29. The van der Waals surface area contributed by atoms with Crippen LogP contribution in [0, 0.1) is 0 Å². The van der Waals surface area contributed by atoms with E-state index in [1.54, 1.807) is 31.2 Å². The predicted molar refractivity (Wildman–Crippen MR) is 107 cm³/mol. The smallest absolute Gasteiger partial charge is 0.363 e. The topological polar surface area (TPSA) is 86.2 Å². The highest BCUT2D eigenvalue weighted by atomic mass is 16.6. The lowest BCUT2D eigenvalue weighted by Gasteiger charge is -2.27. The van der Waals surface area contributed by atoms with Gasteiger partial charge in [-0.1, -0.05) is 36.4 Å². The van der Waals surface area contributed by atoms with E-state index in [9.17, 15) is 9.59 Å². The summed E-state index contributed by atoms with van der Waals surface area (Å²) in [7, 11) is 0. The first kappa shape index (κ1) is 18.7. The Labute approximate surface area is 168 Å². The second kappa shape index (κ2) is 7.79. The van der Waals surface area contributed by atoms with Crippen LogP contribution in [0.4, 0.5) is 0 Å². The Morgan fingerprint density at radius 3 is 2.72 bits per heavy atom. The Bertz CT molecular complexity index is 1010. The number of benzene rings is 2. The van der Waals surface area contributed by atoms with Crippen LogP contribution < -0.4 is 14.8 Å². The molecule has 0 saturated heterocycles. The fourth-order valence-corrected chi connectivity index (χ4v) is 3.11. The van der Waals surface area contributed by atoms with Gasteiger partial charge in [-0.25, -0.2) is 9.79 Å². The number of esters is 1. The average Bonchev–Trinajstić information content (AvgIpc) is 3.04. The highest BCUT2D eigenvalue weighted by Crippen LogP contribution is 2.33. The standard InChI is InChI=1S/C22H20N2O5/c1-13(16-6-4-3-5-7-16)23-21(25)20-12-27-19-11-15(8-9-18(19)29-20)10-17-22(26)28-14(2)24-17/h3-11,13,20H,12H2,1-2H3,(H,23,25)/b17-10+/t13-,20+/m0/s1. The minimum atomic E-state index is -0.741. The second-order valence-corrected chi connectivity index (χ2v) is 6.81. The Hall–Kier alpha value is -3.61. The summed E-state index contributed by atoms with van der Waals surface area (Å²) in [6.07, 6.45) is 0.873. The van der Waals surface area contributed by atoms with Gasteiger partial charge in [0.15, 0.2) is 23.1 Å². The van der Waals surface area contributed by atoms with Crippen molar-refractivity contribution in [3.8, 4) is 11.5 Å². The maximum atomic E-state index is 12.6. The van der Waals surface area contributed by atoms with Gasteiger partial charge in [-0.3, -0.25) is 4.79 Å². The number of cyclic esters (lactones) is 1. The number of aliphatic imine (C=N–C) groups is 1. The molecule has 2 heterocycles. The molecule has 7 nitrogen and oxygen atoms in total. The van der Waals surface area contributed by atoms with Gasteiger partial charge in [-0.15, -0.1) is 0 Å². The molecule has 0 unspecified atom stereocenters. The first-order chi connectivity index (χ1) is 14.0. The number of fused-ring (bicyclic) bond motifs is 1. The maximum Gasteiger partial charge on any atom is 0.363 e. The van der Waals surface area contributed by atoms with Gasteiger partial charge < -0.3 is 19.5 Å². The summed E-state index contributed by atoms with van der Waals surface area (Å²) in [5, 5.41) is 2.95. The zero-order chi connectivity index (χ0) is 20.4. The van der Waals surface area contributed by atoms with Crippen molar-refractivity contribution < 1.29 is 23.8 Å². The number of carbonyl (C=O) groups excluding carboxylic acids is 2. The number of carbonyl (C=O) groups is 2. The van der Waals surface area contributed by atoms with E-state index in [1.165, 1.54) is 0 Å². The number of hydrogen-bond acceptors (Lipinski definition) is 6. The summed E-state index contributed by atoms with van der Waals surface area (Å²) in [5.41, 5.74) is 1.96. The van der Waals surface area contributed by atoms with Gasteiger partial charge in [0.1, 0.15) is 6.61 Å². The molecule has 0 saturated carbocycles. The molecule has 2 aromatic rings. The summed E-state index contributed by atoms with van der Waals surface area (Å²) in [4.78, 5) is 28.3. The number of amides is 1. The predicted octanol–water partition coefficient (Wildman–Crippen LogP) is 3.02. The van der Waals surface area contributed by atoms with Crippen LogP contribution in [-0.4, -0.2) is 30.5 Å². The van der Waals surface area contributed by atoms with E-state index in [1.807, 2.05) is 37.3 Å². The molecule has 1 amide bonds. The number of rotatable bonds is 4. The van der Waals surface area contributed by atoms with Crippen molar-refractivity contribution >= 4 is 23.9 Å². The zero-order valence-corrected chi connectivity index (χ0v) is 16.0. The van der Waals surface area contributed by atoms with Gasteiger partial charge in [-0.2, -0.15) is 0 Å². The van der Waals surface area contributed by atoms with Crippen molar-refractivity contribution in [2.75, 3.05) is 6.61 Å². The highest BCUT2D eigenvalue weighted by molar-refractivity contribution is 6.06. The quantitative estimate of drug-likeness (QED) is 0.639. The van der Waals surface area contributed by atoms with Crippen molar-refractivity contribution in [2.45, 2.75) is 26.0 Å².